The third-order valence-electron chi connectivity index (χ3n) is 2.87. The molecule has 0 amide bonds. The summed E-state index contributed by atoms with van der Waals surface area (Å²) in [5.41, 5.74) is 1.20. The fourth-order valence-corrected chi connectivity index (χ4v) is 3.25. The highest BCUT2D eigenvalue weighted by Gasteiger charge is 2.10. The minimum absolute atomic E-state index is 0.0992. The molecule has 0 atom stereocenters. The first-order valence-corrected chi connectivity index (χ1v) is 8.51. The normalized spacial score (nSPS) is 11.7. The van der Waals surface area contributed by atoms with E-state index in [9.17, 15) is 0 Å². The van der Waals surface area contributed by atoms with Gasteiger partial charge in [-0.3, -0.25) is 0 Å². The van der Waals surface area contributed by atoms with Crippen molar-refractivity contribution in [2.45, 2.75) is 39.4 Å². The maximum atomic E-state index is 4.45. The summed E-state index contributed by atoms with van der Waals surface area (Å²) >= 11 is 5.21. The molecule has 4 nitrogen and oxygen atoms in total. The van der Waals surface area contributed by atoms with Crippen LogP contribution >= 0.6 is 27.3 Å². The molecule has 0 aliphatic heterocycles. The van der Waals surface area contributed by atoms with Crippen LogP contribution in [0.4, 0.5) is 5.95 Å². The Hall–Kier alpha value is -0.980. The van der Waals surface area contributed by atoms with Crippen molar-refractivity contribution in [3.8, 4) is 0 Å². The average molecular weight is 369 g/mol. The monoisotopic (exact) mass is 368 g/mol. The highest BCUT2D eigenvalue weighted by Crippen LogP contribution is 2.21. The average Bonchev–Trinajstić information content (AvgIpc) is 2.81. The highest BCUT2D eigenvalue weighted by molar-refractivity contribution is 9.10. The van der Waals surface area contributed by atoms with Gasteiger partial charge in [0.1, 0.15) is 0 Å². The lowest BCUT2D eigenvalue weighted by atomic mass is 10.1. The summed E-state index contributed by atoms with van der Waals surface area (Å²) < 4.78 is 1.13. The molecule has 114 valence electrons. The van der Waals surface area contributed by atoms with Crippen LogP contribution in [0.25, 0.3) is 0 Å². The molecule has 0 radical (unpaired) electrons. The SMILES string of the molecule is CN(Cc1cc(Br)cs1)c1ncc(CNC(C)(C)C)cn1. The quantitative estimate of drug-likeness (QED) is 0.870. The Morgan fingerprint density at radius 2 is 1.95 bits per heavy atom. The molecule has 21 heavy (non-hydrogen) atoms. The summed E-state index contributed by atoms with van der Waals surface area (Å²) in [6.45, 7) is 8.04. The number of halogens is 1. The Bertz CT molecular complexity index is 574. The van der Waals surface area contributed by atoms with Crippen LogP contribution in [0.15, 0.2) is 28.3 Å². The van der Waals surface area contributed by atoms with Crippen molar-refractivity contribution in [3.63, 3.8) is 0 Å². The van der Waals surface area contributed by atoms with Gasteiger partial charge in [0, 0.05) is 51.8 Å². The van der Waals surface area contributed by atoms with Gasteiger partial charge in [0.2, 0.25) is 5.95 Å². The molecule has 0 spiro atoms. The second-order valence-electron chi connectivity index (χ2n) is 6.08. The largest absolute Gasteiger partial charge is 0.339 e. The molecule has 0 unspecified atom stereocenters. The van der Waals surface area contributed by atoms with E-state index in [1.807, 2.05) is 19.4 Å². The number of hydrogen-bond donors (Lipinski definition) is 1. The third-order valence-corrected chi connectivity index (χ3v) is 4.55. The molecule has 0 aliphatic rings. The highest BCUT2D eigenvalue weighted by atomic mass is 79.9. The van der Waals surface area contributed by atoms with Gasteiger partial charge >= 0.3 is 0 Å². The number of nitrogens with zero attached hydrogens (tertiary/aromatic N) is 3. The number of nitrogens with one attached hydrogen (secondary N) is 1. The second-order valence-corrected chi connectivity index (χ2v) is 7.99. The number of anilines is 1. The number of aromatic nitrogens is 2. The van der Waals surface area contributed by atoms with Crippen LogP contribution < -0.4 is 10.2 Å². The predicted octanol–water partition coefficient (Wildman–Crippen LogP) is 3.83. The molecule has 0 saturated carbocycles. The Kier molecular flexibility index (Phi) is 5.35. The topological polar surface area (TPSA) is 41.1 Å². The molecule has 0 bridgehead atoms. The van der Waals surface area contributed by atoms with Crippen molar-refractivity contribution in [1.82, 2.24) is 15.3 Å². The fraction of sp³-hybridized carbons (Fsp3) is 0.467. The molecule has 2 aromatic heterocycles. The Balaban J connectivity index is 1.94. The van der Waals surface area contributed by atoms with Crippen LogP contribution in [-0.2, 0) is 13.1 Å². The lowest BCUT2D eigenvalue weighted by molar-refractivity contribution is 0.423. The van der Waals surface area contributed by atoms with Gasteiger partial charge < -0.3 is 10.2 Å². The molecule has 1 N–H and O–H groups in total. The fourth-order valence-electron chi connectivity index (χ4n) is 1.74. The molecule has 0 aliphatic carbocycles. The van der Waals surface area contributed by atoms with Gasteiger partial charge in [-0.2, -0.15) is 0 Å². The van der Waals surface area contributed by atoms with Crippen molar-refractivity contribution < 1.29 is 0 Å². The zero-order valence-electron chi connectivity index (χ0n) is 12.9. The van der Waals surface area contributed by atoms with Gasteiger partial charge in [0.25, 0.3) is 0 Å². The second kappa shape index (κ2) is 6.85. The summed E-state index contributed by atoms with van der Waals surface area (Å²) in [5.74, 6) is 0.749. The number of hydrogen-bond acceptors (Lipinski definition) is 5. The van der Waals surface area contributed by atoms with Crippen LogP contribution in [0.5, 0.6) is 0 Å². The lowest BCUT2D eigenvalue weighted by Gasteiger charge is -2.20. The summed E-state index contributed by atoms with van der Waals surface area (Å²) in [7, 11) is 2.01. The molecule has 0 fully saturated rings. The van der Waals surface area contributed by atoms with Crippen molar-refractivity contribution >= 4 is 33.2 Å². The van der Waals surface area contributed by atoms with E-state index < -0.39 is 0 Å². The van der Waals surface area contributed by atoms with Crippen LogP contribution in [0.2, 0.25) is 0 Å². The zero-order chi connectivity index (χ0) is 15.5. The molecule has 2 aromatic rings. The maximum Gasteiger partial charge on any atom is 0.225 e. The van der Waals surface area contributed by atoms with E-state index in [4.69, 9.17) is 0 Å². The maximum absolute atomic E-state index is 4.45. The summed E-state index contributed by atoms with van der Waals surface area (Å²) in [6.07, 6.45) is 3.78. The van der Waals surface area contributed by atoms with Gasteiger partial charge in [0.15, 0.2) is 0 Å². The minimum atomic E-state index is 0.0992. The first-order valence-electron chi connectivity index (χ1n) is 6.83. The lowest BCUT2D eigenvalue weighted by Crippen LogP contribution is -2.35. The molecular formula is C15H21BrN4S. The van der Waals surface area contributed by atoms with E-state index >= 15 is 0 Å². The van der Waals surface area contributed by atoms with Crippen molar-refractivity contribution in [3.05, 3.63) is 38.8 Å². The Morgan fingerprint density at radius 3 is 2.48 bits per heavy atom. The molecule has 6 heteroatoms. The van der Waals surface area contributed by atoms with Crippen molar-refractivity contribution in [2.24, 2.45) is 0 Å². The van der Waals surface area contributed by atoms with E-state index in [0.717, 1.165) is 29.1 Å². The zero-order valence-corrected chi connectivity index (χ0v) is 15.3. The standard InChI is InChI=1S/C15H21BrN4S/c1-15(2,3)19-8-11-6-17-14(18-7-11)20(4)9-13-5-12(16)10-21-13/h5-7,10,19H,8-9H2,1-4H3. The molecule has 2 rings (SSSR count). The number of rotatable bonds is 5. The summed E-state index contributed by atoms with van der Waals surface area (Å²) in [5, 5.41) is 5.52. The molecular weight excluding hydrogens is 348 g/mol. The molecule has 0 aromatic carbocycles. The molecule has 2 heterocycles. The van der Waals surface area contributed by atoms with E-state index in [-0.39, 0.29) is 5.54 Å². The number of thiophene rings is 1. The third kappa shape index (κ3) is 5.37. The molecule has 0 saturated heterocycles. The van der Waals surface area contributed by atoms with Gasteiger partial charge in [-0.25, -0.2) is 9.97 Å². The summed E-state index contributed by atoms with van der Waals surface area (Å²) in [4.78, 5) is 12.2. The van der Waals surface area contributed by atoms with Crippen molar-refractivity contribution in [1.29, 1.82) is 0 Å². The first-order chi connectivity index (χ1) is 9.83. The Morgan fingerprint density at radius 1 is 1.29 bits per heavy atom. The van der Waals surface area contributed by atoms with E-state index in [1.54, 1.807) is 11.3 Å². The van der Waals surface area contributed by atoms with Gasteiger partial charge in [-0.05, 0) is 42.8 Å². The van der Waals surface area contributed by atoms with E-state index in [1.165, 1.54) is 4.88 Å². The Labute approximate surface area is 138 Å². The predicted molar refractivity (Wildman–Crippen MR) is 92.8 cm³/mol. The van der Waals surface area contributed by atoms with Gasteiger partial charge in [0.05, 0.1) is 6.54 Å². The van der Waals surface area contributed by atoms with Crippen LogP contribution in [-0.4, -0.2) is 22.6 Å². The van der Waals surface area contributed by atoms with Gasteiger partial charge in [-0.15, -0.1) is 11.3 Å². The van der Waals surface area contributed by atoms with Gasteiger partial charge in [-0.1, -0.05) is 0 Å². The smallest absolute Gasteiger partial charge is 0.225 e. The van der Waals surface area contributed by atoms with Crippen LogP contribution in [0.3, 0.4) is 0 Å². The first kappa shape index (κ1) is 16.4. The summed E-state index contributed by atoms with van der Waals surface area (Å²) in [6, 6.07) is 2.13. The minimum Gasteiger partial charge on any atom is -0.339 e. The van der Waals surface area contributed by atoms with Crippen LogP contribution in [0.1, 0.15) is 31.2 Å². The van der Waals surface area contributed by atoms with E-state index in [0.29, 0.717) is 0 Å². The van der Waals surface area contributed by atoms with Crippen LogP contribution in [0, 0.1) is 0 Å². The van der Waals surface area contributed by atoms with Crippen molar-refractivity contribution in [2.75, 3.05) is 11.9 Å². The van der Waals surface area contributed by atoms with E-state index in [2.05, 4.69) is 68.3 Å².